The minimum absolute atomic E-state index is 0.0179. The summed E-state index contributed by atoms with van der Waals surface area (Å²) >= 11 is 1.48. The second-order valence-corrected chi connectivity index (χ2v) is 11.5. The lowest BCUT2D eigenvalue weighted by Gasteiger charge is -2.20. The molecule has 10 heteroatoms. The summed E-state index contributed by atoms with van der Waals surface area (Å²) in [7, 11) is -3.06. The van der Waals surface area contributed by atoms with Gasteiger partial charge in [-0.1, -0.05) is 13.8 Å². The number of hydrogen-bond acceptors (Lipinski definition) is 7. The molecule has 3 rings (SSSR count). The lowest BCUT2D eigenvalue weighted by atomic mass is 9.89. The van der Waals surface area contributed by atoms with Crippen LogP contribution >= 0.6 is 11.3 Å². The van der Waals surface area contributed by atoms with Crippen LogP contribution in [0.25, 0.3) is 0 Å². The first-order valence-electron chi connectivity index (χ1n) is 10.3. The Morgan fingerprint density at radius 2 is 2.00 bits per heavy atom. The molecule has 2 atom stereocenters. The molecule has 1 aliphatic carbocycles. The SMILES string of the molecule is CCN(CC(=O)Nc1sc2c(c1C#N)CC[C@@H](C)C2)CC(=O)N[C@H]1CCS(=O)(=O)C1. The third-order valence-corrected chi connectivity index (χ3v) is 8.59. The Hall–Kier alpha value is -1.96. The van der Waals surface area contributed by atoms with Crippen molar-refractivity contribution in [1.82, 2.24) is 10.2 Å². The van der Waals surface area contributed by atoms with E-state index in [2.05, 4.69) is 23.6 Å². The van der Waals surface area contributed by atoms with Crippen molar-refractivity contribution in [2.24, 2.45) is 5.92 Å². The quantitative estimate of drug-likeness (QED) is 0.644. The number of likely N-dealkylation sites (N-methyl/N-ethyl adjacent to an activating group) is 1. The molecule has 1 fully saturated rings. The Labute approximate surface area is 181 Å². The van der Waals surface area contributed by atoms with Crippen molar-refractivity contribution in [2.45, 2.75) is 45.6 Å². The molecule has 2 aliphatic rings. The van der Waals surface area contributed by atoms with Crippen LogP contribution in [0.5, 0.6) is 0 Å². The molecule has 164 valence electrons. The van der Waals surface area contributed by atoms with E-state index in [-0.39, 0.29) is 42.5 Å². The number of nitrogens with zero attached hydrogens (tertiary/aromatic N) is 2. The maximum Gasteiger partial charge on any atom is 0.239 e. The average Bonchev–Trinajstić information content (AvgIpc) is 3.18. The molecule has 1 aliphatic heterocycles. The van der Waals surface area contributed by atoms with Crippen LogP contribution < -0.4 is 10.6 Å². The van der Waals surface area contributed by atoms with Crippen LogP contribution in [-0.4, -0.2) is 62.3 Å². The number of sulfone groups is 1. The third kappa shape index (κ3) is 5.59. The van der Waals surface area contributed by atoms with Gasteiger partial charge in [0.25, 0.3) is 0 Å². The van der Waals surface area contributed by atoms with Crippen LogP contribution in [-0.2, 0) is 32.3 Å². The highest BCUT2D eigenvalue weighted by molar-refractivity contribution is 7.91. The predicted molar refractivity (Wildman–Crippen MR) is 116 cm³/mol. The van der Waals surface area contributed by atoms with E-state index in [0.717, 1.165) is 24.8 Å². The molecule has 1 aromatic rings. The van der Waals surface area contributed by atoms with E-state index in [9.17, 15) is 23.3 Å². The molecule has 2 amide bonds. The van der Waals surface area contributed by atoms with E-state index in [1.807, 2.05) is 6.92 Å². The number of fused-ring (bicyclic) bond motifs is 1. The van der Waals surface area contributed by atoms with Gasteiger partial charge in [-0.25, -0.2) is 8.42 Å². The average molecular weight is 453 g/mol. The largest absolute Gasteiger partial charge is 0.351 e. The number of rotatable bonds is 7. The number of carbonyl (C=O) groups is 2. The summed E-state index contributed by atoms with van der Waals surface area (Å²) in [5.41, 5.74) is 1.63. The summed E-state index contributed by atoms with van der Waals surface area (Å²) in [6.45, 7) is 4.58. The van der Waals surface area contributed by atoms with Crippen molar-refractivity contribution in [3.8, 4) is 6.07 Å². The van der Waals surface area contributed by atoms with E-state index in [1.54, 1.807) is 4.90 Å². The monoisotopic (exact) mass is 452 g/mol. The van der Waals surface area contributed by atoms with Crippen molar-refractivity contribution in [2.75, 3.05) is 36.5 Å². The Kier molecular flexibility index (Phi) is 7.16. The Bertz CT molecular complexity index is 964. The Morgan fingerprint density at radius 1 is 1.27 bits per heavy atom. The molecule has 0 unspecified atom stereocenters. The van der Waals surface area contributed by atoms with E-state index in [1.165, 1.54) is 16.2 Å². The lowest BCUT2D eigenvalue weighted by molar-refractivity contribution is -0.123. The van der Waals surface area contributed by atoms with Gasteiger partial charge >= 0.3 is 0 Å². The molecule has 2 N–H and O–H groups in total. The molecular formula is C20H28N4O4S2. The summed E-state index contributed by atoms with van der Waals surface area (Å²) in [5, 5.41) is 15.8. The van der Waals surface area contributed by atoms with Gasteiger partial charge in [-0.2, -0.15) is 5.26 Å². The first kappa shape index (κ1) is 22.7. The summed E-state index contributed by atoms with van der Waals surface area (Å²) in [5.74, 6) is 0.100. The summed E-state index contributed by atoms with van der Waals surface area (Å²) in [6.07, 6.45) is 3.28. The van der Waals surface area contributed by atoms with Crippen molar-refractivity contribution in [3.05, 3.63) is 16.0 Å². The number of amides is 2. The Balaban J connectivity index is 1.56. The van der Waals surface area contributed by atoms with Crippen molar-refractivity contribution >= 4 is 38.0 Å². The number of nitrogens with one attached hydrogen (secondary N) is 2. The van der Waals surface area contributed by atoms with Gasteiger partial charge in [-0.3, -0.25) is 14.5 Å². The molecule has 0 saturated carbocycles. The normalized spacial score (nSPS) is 22.3. The summed E-state index contributed by atoms with van der Waals surface area (Å²) in [4.78, 5) is 27.7. The standard InChI is InChI=1S/C20H28N4O4S2/c1-3-24(10-18(25)22-14-6-7-30(27,28)12-14)11-19(26)23-20-16(9-21)15-5-4-13(2)8-17(15)29-20/h13-14H,3-8,10-12H2,1-2H3,(H,22,25)(H,23,26)/t13-,14+/m1/s1. The molecule has 0 spiro atoms. The van der Waals surface area contributed by atoms with Crippen molar-refractivity contribution < 1.29 is 18.0 Å². The molecule has 0 aromatic carbocycles. The highest BCUT2D eigenvalue weighted by Crippen LogP contribution is 2.39. The fourth-order valence-electron chi connectivity index (χ4n) is 3.99. The van der Waals surface area contributed by atoms with Crippen LogP contribution in [0.15, 0.2) is 0 Å². The second kappa shape index (κ2) is 9.45. The molecule has 1 saturated heterocycles. The molecule has 30 heavy (non-hydrogen) atoms. The van der Waals surface area contributed by atoms with Gasteiger partial charge in [0.15, 0.2) is 9.84 Å². The summed E-state index contributed by atoms with van der Waals surface area (Å²) in [6, 6.07) is 1.89. The zero-order valence-electron chi connectivity index (χ0n) is 17.4. The Morgan fingerprint density at radius 3 is 2.63 bits per heavy atom. The number of thiophene rings is 1. The van der Waals surface area contributed by atoms with Gasteiger partial charge in [0, 0.05) is 10.9 Å². The van der Waals surface area contributed by atoms with Crippen molar-refractivity contribution in [1.29, 1.82) is 5.26 Å². The summed E-state index contributed by atoms with van der Waals surface area (Å²) < 4.78 is 23.1. The van der Waals surface area contributed by atoms with Crippen LogP contribution in [0.1, 0.15) is 42.7 Å². The van der Waals surface area contributed by atoms with E-state index < -0.39 is 9.84 Å². The third-order valence-electron chi connectivity index (χ3n) is 5.66. The zero-order valence-corrected chi connectivity index (χ0v) is 19.0. The minimum Gasteiger partial charge on any atom is -0.351 e. The van der Waals surface area contributed by atoms with Crippen LogP contribution in [0.4, 0.5) is 5.00 Å². The maximum atomic E-state index is 12.6. The first-order chi connectivity index (χ1) is 14.2. The molecule has 0 bridgehead atoms. The fraction of sp³-hybridized carbons (Fsp3) is 0.650. The molecule has 1 aromatic heterocycles. The van der Waals surface area contributed by atoms with Gasteiger partial charge in [0.2, 0.25) is 11.8 Å². The van der Waals surface area contributed by atoms with Gasteiger partial charge in [0.05, 0.1) is 30.2 Å². The van der Waals surface area contributed by atoms with Gasteiger partial charge in [-0.15, -0.1) is 11.3 Å². The van der Waals surface area contributed by atoms with Crippen LogP contribution in [0.2, 0.25) is 0 Å². The van der Waals surface area contributed by atoms with Crippen LogP contribution in [0, 0.1) is 17.2 Å². The van der Waals surface area contributed by atoms with E-state index >= 15 is 0 Å². The second-order valence-electron chi connectivity index (χ2n) is 8.19. The smallest absolute Gasteiger partial charge is 0.239 e. The van der Waals surface area contributed by atoms with Gasteiger partial charge < -0.3 is 10.6 Å². The number of carbonyl (C=O) groups excluding carboxylic acids is 2. The lowest BCUT2D eigenvalue weighted by Crippen LogP contribution is -2.44. The number of nitriles is 1. The number of anilines is 1. The topological polar surface area (TPSA) is 119 Å². The molecule has 8 nitrogen and oxygen atoms in total. The number of hydrogen-bond donors (Lipinski definition) is 2. The van der Waals surface area contributed by atoms with Gasteiger partial charge in [-0.05, 0) is 43.7 Å². The van der Waals surface area contributed by atoms with E-state index in [4.69, 9.17) is 0 Å². The predicted octanol–water partition coefficient (Wildman–Crippen LogP) is 1.31. The maximum absolute atomic E-state index is 12.6. The molecule has 0 radical (unpaired) electrons. The van der Waals surface area contributed by atoms with Gasteiger partial charge in [0.1, 0.15) is 11.1 Å². The minimum atomic E-state index is -3.06. The van der Waals surface area contributed by atoms with E-state index in [0.29, 0.717) is 29.4 Å². The molecule has 2 heterocycles. The van der Waals surface area contributed by atoms with Crippen LogP contribution in [0.3, 0.4) is 0 Å². The first-order valence-corrected chi connectivity index (χ1v) is 12.9. The highest BCUT2D eigenvalue weighted by atomic mass is 32.2. The highest BCUT2D eigenvalue weighted by Gasteiger charge is 2.29. The zero-order chi connectivity index (χ0) is 21.9. The fourth-order valence-corrected chi connectivity index (χ4v) is 7.04. The molecular weight excluding hydrogens is 424 g/mol. The van der Waals surface area contributed by atoms with Crippen molar-refractivity contribution in [3.63, 3.8) is 0 Å².